The molecule has 1 aliphatic carbocycles. The number of carbonyl (C=O) groups is 1. The van der Waals surface area contributed by atoms with E-state index in [1.165, 1.54) is 11.3 Å². The van der Waals surface area contributed by atoms with Crippen LogP contribution < -0.4 is 5.73 Å². The number of nitrogens with two attached hydrogens (primary N) is 1. The first-order chi connectivity index (χ1) is 9.39. The Hall–Kier alpha value is -0.980. The number of hydrogen-bond acceptors (Lipinski definition) is 5. The Morgan fingerprint density at radius 3 is 3.05 bits per heavy atom. The lowest BCUT2D eigenvalue weighted by molar-refractivity contribution is -0.183. The third kappa shape index (κ3) is 1.68. The third-order valence-corrected chi connectivity index (χ3v) is 5.67. The molecule has 110 valence electrons. The summed E-state index contributed by atoms with van der Waals surface area (Å²) in [7, 11) is 1.80. The SMILES string of the molecule is CN(Cc1cscn1)C(=O)C1(N)C2CCOC2C1(C)C. The summed E-state index contributed by atoms with van der Waals surface area (Å²) in [6, 6.07) is 0. The zero-order chi connectivity index (χ0) is 14.5. The third-order valence-electron chi connectivity index (χ3n) is 5.04. The second-order valence-electron chi connectivity index (χ2n) is 6.42. The van der Waals surface area contributed by atoms with E-state index in [1.54, 1.807) is 17.5 Å². The van der Waals surface area contributed by atoms with Gasteiger partial charge in [0.15, 0.2) is 0 Å². The van der Waals surface area contributed by atoms with Crippen LogP contribution in [0.15, 0.2) is 10.9 Å². The van der Waals surface area contributed by atoms with Gasteiger partial charge in [-0.1, -0.05) is 13.8 Å². The van der Waals surface area contributed by atoms with Crippen molar-refractivity contribution in [2.24, 2.45) is 17.1 Å². The molecule has 3 rings (SSSR count). The fourth-order valence-corrected chi connectivity index (χ4v) is 4.31. The number of rotatable bonds is 3. The van der Waals surface area contributed by atoms with Gasteiger partial charge in [0, 0.05) is 30.4 Å². The molecular formula is C14H21N3O2S. The summed E-state index contributed by atoms with van der Waals surface area (Å²) in [5.41, 5.74) is 8.10. The van der Waals surface area contributed by atoms with Gasteiger partial charge < -0.3 is 15.4 Å². The fraction of sp³-hybridized carbons (Fsp3) is 0.714. The monoisotopic (exact) mass is 295 g/mol. The van der Waals surface area contributed by atoms with Crippen molar-refractivity contribution in [3.63, 3.8) is 0 Å². The molecule has 5 nitrogen and oxygen atoms in total. The zero-order valence-corrected chi connectivity index (χ0v) is 12.9. The van der Waals surface area contributed by atoms with Gasteiger partial charge in [-0.05, 0) is 6.42 Å². The Morgan fingerprint density at radius 2 is 2.40 bits per heavy atom. The second-order valence-corrected chi connectivity index (χ2v) is 7.14. The summed E-state index contributed by atoms with van der Waals surface area (Å²) in [5, 5.41) is 1.96. The molecule has 2 fully saturated rings. The van der Waals surface area contributed by atoms with Crippen LogP contribution >= 0.6 is 11.3 Å². The molecule has 6 heteroatoms. The van der Waals surface area contributed by atoms with E-state index in [2.05, 4.69) is 4.98 Å². The summed E-state index contributed by atoms with van der Waals surface area (Å²) in [6.45, 7) is 5.29. The van der Waals surface area contributed by atoms with Crippen molar-refractivity contribution in [3.05, 3.63) is 16.6 Å². The molecule has 1 aromatic heterocycles. The van der Waals surface area contributed by atoms with E-state index in [1.807, 2.05) is 19.2 Å². The van der Waals surface area contributed by atoms with Gasteiger partial charge in [-0.15, -0.1) is 11.3 Å². The predicted molar refractivity (Wildman–Crippen MR) is 77.1 cm³/mol. The number of fused-ring (bicyclic) bond motifs is 1. The zero-order valence-electron chi connectivity index (χ0n) is 12.1. The van der Waals surface area contributed by atoms with Crippen LogP contribution in [0.25, 0.3) is 0 Å². The topological polar surface area (TPSA) is 68.5 Å². The molecule has 2 aliphatic rings. The van der Waals surface area contributed by atoms with Crippen LogP contribution in [0.5, 0.6) is 0 Å². The van der Waals surface area contributed by atoms with E-state index in [9.17, 15) is 4.79 Å². The smallest absolute Gasteiger partial charge is 0.243 e. The van der Waals surface area contributed by atoms with Gasteiger partial charge >= 0.3 is 0 Å². The molecular weight excluding hydrogens is 274 g/mol. The van der Waals surface area contributed by atoms with Gasteiger partial charge in [0.1, 0.15) is 5.54 Å². The van der Waals surface area contributed by atoms with Crippen LogP contribution in [0.1, 0.15) is 26.0 Å². The van der Waals surface area contributed by atoms with Crippen molar-refractivity contribution in [2.75, 3.05) is 13.7 Å². The number of amides is 1. The number of carbonyl (C=O) groups excluding carboxylic acids is 1. The van der Waals surface area contributed by atoms with Gasteiger partial charge in [0.25, 0.3) is 0 Å². The molecule has 1 aliphatic heterocycles. The lowest BCUT2D eigenvalue weighted by Gasteiger charge is -2.61. The van der Waals surface area contributed by atoms with Crippen LogP contribution in [0.3, 0.4) is 0 Å². The highest BCUT2D eigenvalue weighted by Gasteiger charge is 2.71. The quantitative estimate of drug-likeness (QED) is 0.911. The summed E-state index contributed by atoms with van der Waals surface area (Å²) in [4.78, 5) is 18.8. The molecule has 2 N–H and O–H groups in total. The molecule has 20 heavy (non-hydrogen) atoms. The van der Waals surface area contributed by atoms with Crippen molar-refractivity contribution < 1.29 is 9.53 Å². The largest absolute Gasteiger partial charge is 0.377 e. The van der Waals surface area contributed by atoms with Gasteiger partial charge in [-0.3, -0.25) is 4.79 Å². The maximum absolute atomic E-state index is 12.9. The van der Waals surface area contributed by atoms with Crippen molar-refractivity contribution in [1.82, 2.24) is 9.88 Å². The molecule has 3 atom stereocenters. The Bertz CT molecular complexity index is 516. The normalized spacial score (nSPS) is 34.4. The number of aromatic nitrogens is 1. The average molecular weight is 295 g/mol. The van der Waals surface area contributed by atoms with Crippen LogP contribution in [-0.4, -0.2) is 41.1 Å². The number of hydrogen-bond donors (Lipinski definition) is 1. The lowest BCUT2D eigenvalue weighted by Crippen LogP contribution is -2.80. The number of ether oxygens (including phenoxy) is 1. The summed E-state index contributed by atoms with van der Waals surface area (Å²) in [5.74, 6) is 0.144. The molecule has 1 saturated carbocycles. The maximum atomic E-state index is 12.9. The first kappa shape index (κ1) is 14.0. The average Bonchev–Trinajstić information content (AvgIpc) is 3.06. The van der Waals surface area contributed by atoms with E-state index in [-0.39, 0.29) is 23.3 Å². The van der Waals surface area contributed by atoms with Gasteiger partial charge in [0.2, 0.25) is 5.91 Å². The van der Waals surface area contributed by atoms with E-state index >= 15 is 0 Å². The molecule has 0 aromatic carbocycles. The molecule has 1 amide bonds. The minimum Gasteiger partial charge on any atom is -0.377 e. The van der Waals surface area contributed by atoms with Crippen molar-refractivity contribution in [3.8, 4) is 0 Å². The molecule has 1 aromatic rings. The van der Waals surface area contributed by atoms with E-state index in [4.69, 9.17) is 10.5 Å². The van der Waals surface area contributed by atoms with Crippen LogP contribution in [-0.2, 0) is 16.1 Å². The Morgan fingerprint density at radius 1 is 1.65 bits per heavy atom. The summed E-state index contributed by atoms with van der Waals surface area (Å²) < 4.78 is 5.74. The van der Waals surface area contributed by atoms with E-state index in [0.717, 1.165) is 12.1 Å². The maximum Gasteiger partial charge on any atom is 0.243 e. The molecule has 0 radical (unpaired) electrons. The highest BCUT2D eigenvalue weighted by Crippen LogP contribution is 2.58. The van der Waals surface area contributed by atoms with Crippen LogP contribution in [0.2, 0.25) is 0 Å². The highest BCUT2D eigenvalue weighted by molar-refractivity contribution is 7.07. The van der Waals surface area contributed by atoms with Crippen LogP contribution in [0, 0.1) is 11.3 Å². The minimum atomic E-state index is -0.820. The Labute approximate surface area is 123 Å². The minimum absolute atomic E-state index is 0.00208. The van der Waals surface area contributed by atoms with Gasteiger partial charge in [-0.25, -0.2) is 4.98 Å². The standard InChI is InChI=1S/C14H21N3O2S/c1-13(2)11-10(4-5-19-11)14(13,15)12(18)17(3)6-9-7-20-8-16-9/h7-8,10-11H,4-6,15H2,1-3H3. The molecule has 2 heterocycles. The number of nitrogens with zero attached hydrogens (tertiary/aromatic N) is 2. The van der Waals surface area contributed by atoms with Gasteiger partial charge in [0.05, 0.1) is 23.9 Å². The molecule has 3 unspecified atom stereocenters. The van der Waals surface area contributed by atoms with Crippen LogP contribution in [0.4, 0.5) is 0 Å². The van der Waals surface area contributed by atoms with E-state index in [0.29, 0.717) is 13.2 Å². The van der Waals surface area contributed by atoms with E-state index < -0.39 is 5.54 Å². The summed E-state index contributed by atoms with van der Waals surface area (Å²) >= 11 is 1.54. The Balaban J connectivity index is 1.79. The molecule has 0 spiro atoms. The second kappa shape index (κ2) is 4.51. The fourth-order valence-electron chi connectivity index (χ4n) is 3.76. The van der Waals surface area contributed by atoms with Crippen molar-refractivity contribution in [2.45, 2.75) is 38.5 Å². The predicted octanol–water partition coefficient (Wildman–Crippen LogP) is 1.24. The number of thiazole rings is 1. The van der Waals surface area contributed by atoms with Gasteiger partial charge in [-0.2, -0.15) is 0 Å². The molecule has 0 bridgehead atoms. The first-order valence-electron chi connectivity index (χ1n) is 6.92. The first-order valence-corrected chi connectivity index (χ1v) is 7.86. The van der Waals surface area contributed by atoms with Crippen molar-refractivity contribution >= 4 is 17.2 Å². The highest BCUT2D eigenvalue weighted by atomic mass is 32.1. The lowest BCUT2D eigenvalue weighted by atomic mass is 9.47. The summed E-state index contributed by atoms with van der Waals surface area (Å²) in [6.07, 6.45) is 0.991. The van der Waals surface area contributed by atoms with Crippen molar-refractivity contribution in [1.29, 1.82) is 0 Å². The Kier molecular flexibility index (Phi) is 3.15. The number of likely N-dealkylation sites (N-methyl/N-ethyl adjacent to an activating group) is 1. The molecule has 1 saturated heterocycles.